The number of fused-ring (bicyclic) bond motifs is 3. The van der Waals surface area contributed by atoms with E-state index in [9.17, 15) is 68.4 Å². The number of nitrogens with one attached hydrogen (secondary N) is 6. The molecule has 0 radical (unpaired) electrons. The molecule has 6 aromatic heterocycles. The van der Waals surface area contributed by atoms with Gasteiger partial charge >= 0.3 is 0 Å². The molecule has 9 heterocycles. The molecular formula is C78H90N12O18S3. The lowest BCUT2D eigenvalue weighted by Gasteiger charge is -2.23. The molecule has 3 aliphatic heterocycles. The summed E-state index contributed by atoms with van der Waals surface area (Å²) in [7, 11) is -13.0. The average molecular weight is 1590 g/mol. The molecule has 0 saturated carbocycles. The number of carbonyl (C=O) groups is 9. The van der Waals surface area contributed by atoms with E-state index in [-0.39, 0.29) is 98.1 Å². The minimum Gasteiger partial charge on any atom is -0.451 e. The monoisotopic (exact) mass is 1580 g/mol. The maximum absolute atomic E-state index is 13.4. The molecule has 0 bridgehead atoms. The molecule has 0 spiro atoms. The predicted molar refractivity (Wildman–Crippen MR) is 408 cm³/mol. The summed E-state index contributed by atoms with van der Waals surface area (Å²) in [5.74, 6) is -7.50. The van der Waals surface area contributed by atoms with Crippen LogP contribution < -0.4 is 31.9 Å². The first kappa shape index (κ1) is 74.4. The molecule has 9 aromatic rings. The second-order valence-electron chi connectivity index (χ2n) is 27.6. The molecule has 12 rings (SSSR count). The Hall–Kier alpha value is -10.7. The van der Waals surface area contributed by atoms with E-state index >= 15 is 0 Å². The molecule has 6 amide bonds. The van der Waals surface area contributed by atoms with Crippen molar-refractivity contribution in [2.45, 2.75) is 151 Å². The van der Waals surface area contributed by atoms with Gasteiger partial charge in [0.25, 0.3) is 47.8 Å². The topological polar surface area (TPSA) is 416 Å². The molecule has 6 atom stereocenters. The van der Waals surface area contributed by atoms with Crippen molar-refractivity contribution in [3.8, 4) is 0 Å². The Morgan fingerprint density at radius 3 is 1.06 bits per heavy atom. The number of hydrogen-bond donors (Lipinski definition) is 6. The molecule has 33 heteroatoms. The number of carbonyl (C=O) groups excluding carboxylic acids is 9. The number of aromatic nitrogens is 3. The normalized spacial score (nSPS) is 20.9. The van der Waals surface area contributed by atoms with E-state index in [2.05, 4.69) is 46.9 Å². The molecule has 1 unspecified atom stereocenters. The van der Waals surface area contributed by atoms with Gasteiger partial charge in [0.05, 0.1) is 45.8 Å². The largest absolute Gasteiger partial charge is 0.451 e. The van der Waals surface area contributed by atoms with Crippen molar-refractivity contribution in [1.29, 1.82) is 0 Å². The number of nitrogens with zero attached hydrogens (tertiary/aromatic N) is 6. The third-order valence-electron chi connectivity index (χ3n) is 17.6. The van der Waals surface area contributed by atoms with Gasteiger partial charge in [0, 0.05) is 54.4 Å². The number of sulfonamides is 3. The summed E-state index contributed by atoms with van der Waals surface area (Å²) in [6, 6.07) is 29.5. The van der Waals surface area contributed by atoms with Crippen LogP contribution in [0.3, 0.4) is 0 Å². The molecule has 3 saturated heterocycles. The molecule has 3 aliphatic rings. The van der Waals surface area contributed by atoms with Gasteiger partial charge in [-0.15, -0.1) is 0 Å². The lowest BCUT2D eigenvalue weighted by Crippen LogP contribution is -2.52. The maximum atomic E-state index is 13.4. The van der Waals surface area contributed by atoms with E-state index in [0.717, 1.165) is 9.69 Å². The first-order chi connectivity index (χ1) is 55.2. The Kier molecular flexibility index (Phi) is 25.0. The van der Waals surface area contributed by atoms with Gasteiger partial charge in [-0.05, 0) is 148 Å². The van der Waals surface area contributed by atoms with E-state index < -0.39 is 155 Å². The number of amides is 6. The van der Waals surface area contributed by atoms with Gasteiger partial charge in [-0.2, -0.15) is 12.9 Å². The smallest absolute Gasteiger partial charge is 0.287 e. The van der Waals surface area contributed by atoms with Gasteiger partial charge in [0.1, 0.15) is 34.9 Å². The summed E-state index contributed by atoms with van der Waals surface area (Å²) in [5, 5.41) is 16.4. The van der Waals surface area contributed by atoms with Crippen LogP contribution in [-0.2, 0) is 58.8 Å². The zero-order chi connectivity index (χ0) is 85.2. The first-order valence-corrected chi connectivity index (χ1v) is 40.2. The summed E-state index contributed by atoms with van der Waals surface area (Å²) >= 11 is 0. The van der Waals surface area contributed by atoms with Crippen molar-refractivity contribution >= 4 is 116 Å². The Balaban J connectivity index is 0.000000185. The minimum atomic E-state index is -4.53. The third-order valence-corrected chi connectivity index (χ3v) is 22.6. The SMILES string of the molecule is CC(C)C[C@H](NC(=O)c1cc2ccccc2o1)C(=O)NC1CCCN(S(=O)(=O)c2ccccn2)CC1=O.[2H]C1([2H])C(=O)[C@@]([2H])(NC(=O)[C@H](CC(C)C)NC(=O)c2cc3ccccc3o2)CCCN1S(=O)(=O)c1ccccn1.[2H]C1([2H])C(=O)[C@]([2H])(NC(=O)[C@H](CC(C)C)NC(=O)c2cc3ccccc3o2)CCCN1S(=O)(=O)c1ccccn1. The molecule has 588 valence electrons. The highest BCUT2D eigenvalue weighted by molar-refractivity contribution is 7.89. The molecule has 0 aliphatic carbocycles. The Morgan fingerprint density at radius 2 is 0.739 bits per heavy atom. The number of furan rings is 3. The molecule has 111 heavy (non-hydrogen) atoms. The van der Waals surface area contributed by atoms with E-state index in [4.69, 9.17) is 21.5 Å². The van der Waals surface area contributed by atoms with Crippen LogP contribution in [0, 0.1) is 17.8 Å². The van der Waals surface area contributed by atoms with Crippen LogP contribution in [0.1, 0.15) is 139 Å². The second-order valence-corrected chi connectivity index (χ2v) is 33.1. The van der Waals surface area contributed by atoms with Crippen LogP contribution in [0.25, 0.3) is 32.9 Å². The highest BCUT2D eigenvalue weighted by Gasteiger charge is 2.39. The summed E-state index contributed by atoms with van der Waals surface area (Å²) in [6.45, 7) is 3.74. The first-order valence-electron chi connectivity index (χ1n) is 38.9. The molecule has 3 aromatic carbocycles. The van der Waals surface area contributed by atoms with Crippen LogP contribution in [0.4, 0.5) is 0 Å². The summed E-state index contributed by atoms with van der Waals surface area (Å²) in [6.07, 6.45) is 4.25. The van der Waals surface area contributed by atoms with Crippen LogP contribution in [0.15, 0.2) is 193 Å². The standard InChI is InChI=1S/3C26H30N4O6S/c3*1-17(2)14-20(29-26(33)23-15-18-8-3-4-10-22(18)36-23)25(32)28-19-9-7-13-30(16-21(19)31)37(34,35)24-11-5-6-12-27-24/h3*3-6,8,10-12,15,17,19-20H,7,9,13-14,16H2,1-2H3,(H,28,32)(H,29,33)/t19?,20-;19-,20+;19-,20-/m010/s1/i;2*16D2,19D. The molecule has 3 fully saturated rings. The zero-order valence-electron chi connectivity index (χ0n) is 67.6. The fraction of sp³-hybridized carbons (Fsp3) is 0.385. The van der Waals surface area contributed by atoms with Gasteiger partial charge in [-0.25, -0.2) is 40.2 Å². The lowest BCUT2D eigenvalue weighted by atomic mass is 10.0. The molecule has 6 N–H and O–H groups in total. The molecular weight excluding hydrogens is 1490 g/mol. The fourth-order valence-electron chi connectivity index (χ4n) is 12.1. The maximum Gasteiger partial charge on any atom is 0.287 e. The van der Waals surface area contributed by atoms with Crippen LogP contribution in [0.2, 0.25) is 0 Å². The number of rotatable bonds is 24. The number of pyridine rings is 3. The highest BCUT2D eigenvalue weighted by atomic mass is 32.2. The van der Waals surface area contributed by atoms with Gasteiger partial charge in [-0.3, -0.25) is 43.2 Å². The van der Waals surface area contributed by atoms with Crippen molar-refractivity contribution in [3.63, 3.8) is 0 Å². The summed E-state index contributed by atoms with van der Waals surface area (Å²) in [4.78, 5) is 130. The fourth-order valence-corrected chi connectivity index (χ4v) is 16.0. The van der Waals surface area contributed by atoms with Crippen molar-refractivity contribution in [2.24, 2.45) is 17.8 Å². The van der Waals surface area contributed by atoms with Gasteiger partial charge in [-0.1, -0.05) is 114 Å². The lowest BCUT2D eigenvalue weighted by molar-refractivity contribution is -0.129. The number of hydrogen-bond acceptors (Lipinski definition) is 21. The Bertz CT molecular complexity index is 5190. The van der Waals surface area contributed by atoms with E-state index in [1.807, 2.05) is 53.7 Å². The zero-order valence-corrected chi connectivity index (χ0v) is 64.0. The Morgan fingerprint density at radius 1 is 0.432 bits per heavy atom. The Labute approximate surface area is 651 Å². The average Bonchev–Trinajstić information content (AvgIpc) is 1.68. The van der Waals surface area contributed by atoms with E-state index in [1.165, 1.54) is 73.2 Å². The van der Waals surface area contributed by atoms with Crippen LogP contribution in [-0.4, -0.2) is 181 Å². The van der Waals surface area contributed by atoms with Crippen molar-refractivity contribution in [3.05, 3.63) is 181 Å². The number of Topliss-reactive ketones (excluding diaryl/α,β-unsaturated/α-hetero) is 3. The van der Waals surface area contributed by atoms with Crippen LogP contribution in [0.5, 0.6) is 0 Å². The number of benzene rings is 3. The van der Waals surface area contributed by atoms with E-state index in [1.54, 1.807) is 78.9 Å². The second kappa shape index (κ2) is 37.3. The predicted octanol–water partition coefficient (Wildman–Crippen LogP) is 7.53. The summed E-state index contributed by atoms with van der Waals surface area (Å²) in [5.41, 5.74) is 1.53. The minimum absolute atomic E-state index is 0.0272. The summed E-state index contributed by atoms with van der Waals surface area (Å²) < 4.78 is 148. The van der Waals surface area contributed by atoms with Gasteiger partial charge in [0.2, 0.25) is 17.7 Å². The van der Waals surface area contributed by atoms with E-state index in [0.29, 0.717) is 49.0 Å². The number of ketones is 3. The van der Waals surface area contributed by atoms with Crippen molar-refractivity contribution in [1.82, 2.24) is 59.8 Å². The molecule has 30 nitrogen and oxygen atoms in total. The van der Waals surface area contributed by atoms with Crippen molar-refractivity contribution in [2.75, 3.05) is 39.2 Å². The van der Waals surface area contributed by atoms with Gasteiger partial charge < -0.3 is 45.2 Å². The third kappa shape index (κ3) is 21.7. The van der Waals surface area contributed by atoms with Crippen LogP contribution >= 0.6 is 0 Å². The quantitative estimate of drug-likeness (QED) is 0.0340. The highest BCUT2D eigenvalue weighted by Crippen LogP contribution is 2.26. The van der Waals surface area contributed by atoms with Gasteiger partial charge in [0.15, 0.2) is 49.7 Å². The number of para-hydroxylation sites is 3. The van der Waals surface area contributed by atoms with Crippen molar-refractivity contribution < 1.29 is 89.9 Å².